The molecule has 1 nitrogen and oxygen atoms in total. The Hall–Kier alpha value is -0.0900. The maximum atomic E-state index is 6.03. The van der Waals surface area contributed by atoms with Crippen LogP contribution in [-0.2, 0) is 0 Å². The zero-order valence-electron chi connectivity index (χ0n) is 7.96. The van der Waals surface area contributed by atoms with Crippen molar-refractivity contribution in [1.82, 2.24) is 0 Å². The Kier molecular flexibility index (Phi) is 4.73. The van der Waals surface area contributed by atoms with Crippen molar-refractivity contribution in [1.29, 1.82) is 0 Å². The number of hydrogen-bond acceptors (Lipinski definition) is 1. The predicted octanol–water partition coefficient (Wildman–Crippen LogP) is 3.48. The first kappa shape index (κ1) is 11.0. The zero-order chi connectivity index (χ0) is 9.68. The normalized spacial score (nSPS) is 12.8. The molecule has 0 fully saturated rings. The van der Waals surface area contributed by atoms with Crippen molar-refractivity contribution in [3.8, 4) is 0 Å². The van der Waals surface area contributed by atoms with Crippen molar-refractivity contribution in [2.24, 2.45) is 5.73 Å². The summed E-state index contributed by atoms with van der Waals surface area (Å²) >= 11 is 2.31. The van der Waals surface area contributed by atoms with E-state index < -0.39 is 0 Å². The van der Waals surface area contributed by atoms with Crippen LogP contribution in [0.2, 0.25) is 0 Å². The second-order valence-corrected chi connectivity index (χ2v) is 4.55. The molecule has 0 aliphatic rings. The van der Waals surface area contributed by atoms with Gasteiger partial charge in [-0.2, -0.15) is 0 Å². The van der Waals surface area contributed by atoms with Crippen molar-refractivity contribution in [3.63, 3.8) is 0 Å². The summed E-state index contributed by atoms with van der Waals surface area (Å²) in [6.45, 7) is 2.20. The van der Waals surface area contributed by atoms with Gasteiger partial charge in [0.05, 0.1) is 0 Å². The van der Waals surface area contributed by atoms with Gasteiger partial charge in [-0.25, -0.2) is 0 Å². The van der Waals surface area contributed by atoms with Crippen LogP contribution in [0.4, 0.5) is 0 Å². The van der Waals surface area contributed by atoms with Crippen molar-refractivity contribution in [3.05, 3.63) is 33.4 Å². The second kappa shape index (κ2) is 5.60. The number of nitrogens with two attached hydrogens (primary N) is 1. The van der Waals surface area contributed by atoms with Gasteiger partial charge >= 0.3 is 0 Å². The third kappa shape index (κ3) is 3.65. The van der Waals surface area contributed by atoms with Crippen molar-refractivity contribution < 1.29 is 0 Å². The summed E-state index contributed by atoms with van der Waals surface area (Å²) in [6.07, 6.45) is 3.53. The van der Waals surface area contributed by atoms with E-state index in [1.54, 1.807) is 0 Å². The lowest BCUT2D eigenvalue weighted by atomic mass is 10.0. The van der Waals surface area contributed by atoms with E-state index in [1.807, 2.05) is 0 Å². The summed E-state index contributed by atoms with van der Waals surface area (Å²) in [5, 5.41) is 0. The third-order valence-corrected chi connectivity index (χ3v) is 2.89. The predicted molar refractivity (Wildman–Crippen MR) is 65.6 cm³/mol. The molecule has 2 N–H and O–H groups in total. The molecule has 0 heterocycles. The molecule has 0 aliphatic carbocycles. The van der Waals surface area contributed by atoms with E-state index in [4.69, 9.17) is 5.73 Å². The van der Waals surface area contributed by atoms with Gasteiger partial charge in [0.25, 0.3) is 0 Å². The first-order valence-electron chi connectivity index (χ1n) is 4.75. The van der Waals surface area contributed by atoms with E-state index in [0.717, 1.165) is 6.42 Å². The van der Waals surface area contributed by atoms with E-state index in [9.17, 15) is 0 Å². The fraction of sp³-hybridized carbons (Fsp3) is 0.455. The van der Waals surface area contributed by atoms with Gasteiger partial charge in [-0.1, -0.05) is 31.9 Å². The number of unbranched alkanes of at least 4 members (excludes halogenated alkanes) is 1. The summed E-state index contributed by atoms with van der Waals surface area (Å²) in [7, 11) is 0. The quantitative estimate of drug-likeness (QED) is 0.844. The minimum atomic E-state index is 0.219. The largest absolute Gasteiger partial charge is 0.324 e. The number of halogens is 1. The molecule has 0 saturated heterocycles. The molecular formula is C11H16IN. The summed E-state index contributed by atoms with van der Waals surface area (Å²) in [4.78, 5) is 0. The van der Waals surface area contributed by atoms with E-state index in [-0.39, 0.29) is 6.04 Å². The number of hydrogen-bond donors (Lipinski definition) is 1. The summed E-state index contributed by atoms with van der Waals surface area (Å²) in [5.41, 5.74) is 7.29. The first-order valence-corrected chi connectivity index (χ1v) is 5.83. The highest BCUT2D eigenvalue weighted by Gasteiger charge is 2.03. The molecule has 0 amide bonds. The van der Waals surface area contributed by atoms with E-state index >= 15 is 0 Å². The molecule has 72 valence electrons. The van der Waals surface area contributed by atoms with Crippen LogP contribution in [0.15, 0.2) is 24.3 Å². The van der Waals surface area contributed by atoms with Gasteiger partial charge in [0.2, 0.25) is 0 Å². The van der Waals surface area contributed by atoms with Gasteiger partial charge in [0.15, 0.2) is 0 Å². The van der Waals surface area contributed by atoms with Crippen LogP contribution in [0, 0.1) is 3.57 Å². The van der Waals surface area contributed by atoms with Crippen LogP contribution in [0.25, 0.3) is 0 Å². The highest BCUT2D eigenvalue weighted by molar-refractivity contribution is 14.1. The summed E-state index contributed by atoms with van der Waals surface area (Å²) in [6, 6.07) is 8.70. The number of benzene rings is 1. The average Bonchev–Trinajstić information content (AvgIpc) is 2.15. The van der Waals surface area contributed by atoms with Crippen molar-refractivity contribution in [2.45, 2.75) is 32.2 Å². The molecule has 1 rings (SSSR count). The Balaban J connectivity index is 2.55. The topological polar surface area (TPSA) is 26.0 Å². The van der Waals surface area contributed by atoms with Gasteiger partial charge in [0.1, 0.15) is 0 Å². The van der Waals surface area contributed by atoms with Crippen LogP contribution < -0.4 is 5.73 Å². The van der Waals surface area contributed by atoms with Crippen LogP contribution in [0.5, 0.6) is 0 Å². The minimum Gasteiger partial charge on any atom is -0.324 e. The molecule has 1 aromatic rings. The van der Waals surface area contributed by atoms with E-state index in [1.165, 1.54) is 22.0 Å². The highest BCUT2D eigenvalue weighted by atomic mass is 127. The lowest BCUT2D eigenvalue weighted by molar-refractivity contribution is 0.603. The van der Waals surface area contributed by atoms with E-state index in [2.05, 4.69) is 53.8 Å². The third-order valence-electron chi connectivity index (χ3n) is 2.17. The van der Waals surface area contributed by atoms with Crippen molar-refractivity contribution in [2.75, 3.05) is 0 Å². The van der Waals surface area contributed by atoms with E-state index in [0.29, 0.717) is 0 Å². The molecule has 0 radical (unpaired) electrons. The minimum absolute atomic E-state index is 0.219. The van der Waals surface area contributed by atoms with Gasteiger partial charge < -0.3 is 5.73 Å². The Labute approximate surface area is 93.9 Å². The second-order valence-electron chi connectivity index (χ2n) is 3.30. The molecule has 0 unspecified atom stereocenters. The zero-order valence-corrected chi connectivity index (χ0v) is 10.1. The molecule has 1 atom stereocenters. The van der Waals surface area contributed by atoms with Gasteiger partial charge in [-0.3, -0.25) is 0 Å². The molecule has 0 saturated carbocycles. The van der Waals surface area contributed by atoms with Gasteiger partial charge in [0, 0.05) is 9.61 Å². The average molecular weight is 289 g/mol. The molecule has 2 heteroatoms. The van der Waals surface area contributed by atoms with Crippen LogP contribution in [0.3, 0.4) is 0 Å². The van der Waals surface area contributed by atoms with Gasteiger partial charge in [-0.05, 0) is 46.7 Å². The molecule has 0 aliphatic heterocycles. The molecule has 1 aromatic carbocycles. The lowest BCUT2D eigenvalue weighted by Crippen LogP contribution is -2.09. The van der Waals surface area contributed by atoms with Crippen LogP contribution >= 0.6 is 22.6 Å². The Morgan fingerprint density at radius 1 is 1.31 bits per heavy atom. The SMILES string of the molecule is CCCC[C@@H](N)c1ccc(I)cc1. The number of rotatable bonds is 4. The standard InChI is InChI=1S/C11H16IN/c1-2-3-4-11(13)9-5-7-10(12)8-6-9/h5-8,11H,2-4,13H2,1H3/t11-/m1/s1. The monoisotopic (exact) mass is 289 g/mol. The molecule has 0 bridgehead atoms. The van der Waals surface area contributed by atoms with Crippen molar-refractivity contribution >= 4 is 22.6 Å². The Bertz CT molecular complexity index is 243. The lowest BCUT2D eigenvalue weighted by Gasteiger charge is -2.10. The fourth-order valence-corrected chi connectivity index (χ4v) is 1.66. The summed E-state index contributed by atoms with van der Waals surface area (Å²) in [5.74, 6) is 0. The molecule has 0 aromatic heterocycles. The van der Waals surface area contributed by atoms with Crippen LogP contribution in [-0.4, -0.2) is 0 Å². The van der Waals surface area contributed by atoms with Gasteiger partial charge in [-0.15, -0.1) is 0 Å². The fourth-order valence-electron chi connectivity index (χ4n) is 1.30. The van der Waals surface area contributed by atoms with Crippen LogP contribution in [0.1, 0.15) is 37.8 Å². The molecular weight excluding hydrogens is 273 g/mol. The maximum Gasteiger partial charge on any atom is 0.0294 e. The first-order chi connectivity index (χ1) is 6.24. The molecule has 0 spiro atoms. The highest BCUT2D eigenvalue weighted by Crippen LogP contribution is 2.17. The smallest absolute Gasteiger partial charge is 0.0294 e. The summed E-state index contributed by atoms with van der Waals surface area (Å²) < 4.78 is 1.27. The maximum absolute atomic E-state index is 6.03. The Morgan fingerprint density at radius 2 is 1.92 bits per heavy atom. The molecule has 13 heavy (non-hydrogen) atoms. The Morgan fingerprint density at radius 3 is 2.46 bits per heavy atom.